The smallest absolute Gasteiger partial charge is 0.0904 e. The molecule has 3 nitrogen and oxygen atoms in total. The number of hydrogen-bond donors (Lipinski definition) is 1. The molecule has 0 spiro atoms. The normalized spacial score (nSPS) is 26.3. The lowest BCUT2D eigenvalue weighted by Gasteiger charge is -2.40. The third kappa shape index (κ3) is 3.09. The number of thiophene rings is 1. The van der Waals surface area contributed by atoms with E-state index in [1.54, 1.807) is 0 Å². The van der Waals surface area contributed by atoms with Gasteiger partial charge in [-0.3, -0.25) is 4.90 Å². The molecule has 1 aliphatic rings. The molecular formula is C12H19BrN2OS. The Morgan fingerprint density at radius 2 is 2.41 bits per heavy atom. The lowest BCUT2D eigenvalue weighted by atomic mass is 10.1. The molecule has 1 aromatic rings. The van der Waals surface area contributed by atoms with Gasteiger partial charge in [-0.25, -0.2) is 0 Å². The molecule has 0 saturated carbocycles. The van der Waals surface area contributed by atoms with E-state index in [4.69, 9.17) is 4.74 Å². The minimum Gasteiger partial charge on any atom is -0.374 e. The van der Waals surface area contributed by atoms with Gasteiger partial charge in [0, 0.05) is 18.0 Å². The molecule has 0 bridgehead atoms. The van der Waals surface area contributed by atoms with Gasteiger partial charge in [0.15, 0.2) is 0 Å². The van der Waals surface area contributed by atoms with Crippen molar-refractivity contribution >= 4 is 27.3 Å². The maximum atomic E-state index is 5.91. The second-order valence-corrected chi connectivity index (χ2v) is 6.68. The van der Waals surface area contributed by atoms with E-state index in [0.717, 1.165) is 26.2 Å². The fourth-order valence-electron chi connectivity index (χ4n) is 2.36. The van der Waals surface area contributed by atoms with E-state index in [0.29, 0.717) is 6.04 Å². The Hall–Kier alpha value is 0.0600. The lowest BCUT2D eigenvalue weighted by Crippen LogP contribution is -2.48. The topological polar surface area (TPSA) is 24.5 Å². The summed E-state index contributed by atoms with van der Waals surface area (Å²) in [4.78, 5) is 3.89. The monoisotopic (exact) mass is 318 g/mol. The Labute approximate surface area is 115 Å². The lowest BCUT2D eigenvalue weighted by molar-refractivity contribution is -0.0674. The van der Waals surface area contributed by atoms with Crippen LogP contribution in [0.15, 0.2) is 15.9 Å². The highest BCUT2D eigenvalue weighted by Gasteiger charge is 2.33. The van der Waals surface area contributed by atoms with E-state index < -0.39 is 0 Å². The van der Waals surface area contributed by atoms with Crippen LogP contribution in [-0.2, 0) is 4.74 Å². The molecule has 2 atom stereocenters. The predicted molar refractivity (Wildman–Crippen MR) is 75.7 cm³/mol. The highest BCUT2D eigenvalue weighted by molar-refractivity contribution is 9.11. The maximum absolute atomic E-state index is 5.91. The van der Waals surface area contributed by atoms with Crippen LogP contribution in [0.1, 0.15) is 17.8 Å². The molecule has 1 fully saturated rings. The summed E-state index contributed by atoms with van der Waals surface area (Å²) in [6.07, 6.45) is 0.249. The number of halogens is 1. The van der Waals surface area contributed by atoms with Crippen molar-refractivity contribution in [3.05, 3.63) is 20.8 Å². The van der Waals surface area contributed by atoms with Crippen molar-refractivity contribution in [2.24, 2.45) is 0 Å². The summed E-state index contributed by atoms with van der Waals surface area (Å²) in [7, 11) is 1.98. The number of nitrogens with zero attached hydrogens (tertiary/aromatic N) is 1. The summed E-state index contributed by atoms with van der Waals surface area (Å²) in [5, 5.41) is 3.23. The van der Waals surface area contributed by atoms with Crippen LogP contribution >= 0.6 is 27.3 Å². The van der Waals surface area contributed by atoms with Gasteiger partial charge in [0.05, 0.1) is 22.5 Å². The predicted octanol–water partition coefficient (Wildman–Crippen LogP) is 2.49. The summed E-state index contributed by atoms with van der Waals surface area (Å²) in [6.45, 7) is 6.05. The molecular weight excluding hydrogens is 300 g/mol. The molecule has 0 aliphatic carbocycles. The van der Waals surface area contributed by atoms with Crippen molar-refractivity contribution in [1.82, 2.24) is 10.2 Å². The number of nitrogens with one attached hydrogen (secondary N) is 1. The zero-order valence-corrected chi connectivity index (χ0v) is 12.7. The summed E-state index contributed by atoms with van der Waals surface area (Å²) in [5.41, 5.74) is 0. The van der Waals surface area contributed by atoms with E-state index in [1.807, 2.05) is 18.4 Å². The third-order valence-corrected chi connectivity index (χ3v) is 4.85. The molecule has 2 unspecified atom stereocenters. The van der Waals surface area contributed by atoms with Crippen LogP contribution in [0.25, 0.3) is 0 Å². The van der Waals surface area contributed by atoms with Gasteiger partial charge in [0.2, 0.25) is 0 Å². The Morgan fingerprint density at radius 1 is 1.59 bits per heavy atom. The Kier molecular flexibility index (Phi) is 4.99. The van der Waals surface area contributed by atoms with Crippen LogP contribution in [0.3, 0.4) is 0 Å². The van der Waals surface area contributed by atoms with Crippen molar-refractivity contribution in [1.29, 1.82) is 0 Å². The van der Waals surface area contributed by atoms with Gasteiger partial charge in [0.1, 0.15) is 0 Å². The van der Waals surface area contributed by atoms with Crippen molar-refractivity contribution in [3.63, 3.8) is 0 Å². The number of morpholine rings is 1. The number of ether oxygens (including phenoxy) is 1. The van der Waals surface area contributed by atoms with Crippen LogP contribution in [0.5, 0.6) is 0 Å². The van der Waals surface area contributed by atoms with Gasteiger partial charge in [-0.2, -0.15) is 0 Å². The van der Waals surface area contributed by atoms with E-state index >= 15 is 0 Å². The largest absolute Gasteiger partial charge is 0.374 e. The molecule has 17 heavy (non-hydrogen) atoms. The van der Waals surface area contributed by atoms with E-state index in [2.05, 4.69) is 45.2 Å². The molecule has 0 aromatic carbocycles. The molecule has 2 rings (SSSR count). The molecule has 1 N–H and O–H groups in total. The zero-order chi connectivity index (χ0) is 12.3. The van der Waals surface area contributed by atoms with Crippen LogP contribution in [-0.4, -0.2) is 44.3 Å². The molecule has 0 radical (unpaired) electrons. The van der Waals surface area contributed by atoms with E-state index in [-0.39, 0.29) is 6.10 Å². The summed E-state index contributed by atoms with van der Waals surface area (Å²) < 4.78 is 7.11. The van der Waals surface area contributed by atoms with Gasteiger partial charge in [-0.1, -0.05) is 6.92 Å². The Bertz CT molecular complexity index is 356. The van der Waals surface area contributed by atoms with Crippen LogP contribution in [0, 0.1) is 0 Å². The first kappa shape index (κ1) is 13.5. The van der Waals surface area contributed by atoms with Crippen LogP contribution in [0.2, 0.25) is 0 Å². The summed E-state index contributed by atoms with van der Waals surface area (Å²) >= 11 is 5.35. The first-order valence-corrected chi connectivity index (χ1v) is 7.62. The summed E-state index contributed by atoms with van der Waals surface area (Å²) in [5.74, 6) is 0. The molecule has 96 valence electrons. The molecule has 1 aromatic heterocycles. The standard InChI is InChI=1S/C12H19BrN2OS/c1-3-15-6-7-16-9(8-14-2)12(15)10-4-5-11(13)17-10/h4-5,9,12,14H,3,6-8H2,1-2H3. The number of hydrogen-bond acceptors (Lipinski definition) is 4. The maximum Gasteiger partial charge on any atom is 0.0904 e. The van der Waals surface area contributed by atoms with Crippen LogP contribution in [0.4, 0.5) is 0 Å². The Balaban J connectivity index is 2.21. The highest BCUT2D eigenvalue weighted by atomic mass is 79.9. The molecule has 1 aliphatic heterocycles. The third-order valence-electron chi connectivity index (χ3n) is 3.15. The Morgan fingerprint density at radius 3 is 3.00 bits per heavy atom. The second kappa shape index (κ2) is 6.29. The first-order chi connectivity index (χ1) is 8.26. The van der Waals surface area contributed by atoms with Crippen LogP contribution < -0.4 is 5.32 Å². The molecule has 2 heterocycles. The number of rotatable bonds is 4. The van der Waals surface area contributed by atoms with Gasteiger partial charge in [0.25, 0.3) is 0 Å². The first-order valence-electron chi connectivity index (χ1n) is 6.01. The van der Waals surface area contributed by atoms with Gasteiger partial charge >= 0.3 is 0 Å². The van der Waals surface area contributed by atoms with E-state index in [1.165, 1.54) is 8.66 Å². The minimum absolute atomic E-state index is 0.249. The highest BCUT2D eigenvalue weighted by Crippen LogP contribution is 2.35. The molecule has 0 amide bonds. The van der Waals surface area contributed by atoms with Crippen molar-refractivity contribution in [2.45, 2.75) is 19.1 Å². The zero-order valence-electron chi connectivity index (χ0n) is 10.3. The van der Waals surface area contributed by atoms with Gasteiger partial charge < -0.3 is 10.1 Å². The average Bonchev–Trinajstić information content (AvgIpc) is 2.75. The molecule has 1 saturated heterocycles. The molecule has 5 heteroatoms. The fourth-order valence-corrected chi connectivity index (χ4v) is 3.98. The number of likely N-dealkylation sites (N-methyl/N-ethyl adjacent to an activating group) is 2. The van der Waals surface area contributed by atoms with Crippen molar-refractivity contribution < 1.29 is 4.74 Å². The van der Waals surface area contributed by atoms with Crippen molar-refractivity contribution in [2.75, 3.05) is 33.3 Å². The quantitative estimate of drug-likeness (QED) is 0.923. The SMILES string of the molecule is CCN1CCOC(CNC)C1c1ccc(Br)s1. The summed E-state index contributed by atoms with van der Waals surface area (Å²) in [6, 6.07) is 4.72. The van der Waals surface area contributed by atoms with Gasteiger partial charge in [-0.15, -0.1) is 11.3 Å². The van der Waals surface area contributed by atoms with Crippen molar-refractivity contribution in [3.8, 4) is 0 Å². The van der Waals surface area contributed by atoms with Gasteiger partial charge in [-0.05, 0) is 41.7 Å². The second-order valence-electron chi connectivity index (χ2n) is 4.18. The average molecular weight is 319 g/mol. The van der Waals surface area contributed by atoms with E-state index in [9.17, 15) is 0 Å². The minimum atomic E-state index is 0.249. The fraction of sp³-hybridized carbons (Fsp3) is 0.667.